The summed E-state index contributed by atoms with van der Waals surface area (Å²) in [6.45, 7) is 0. The van der Waals surface area contributed by atoms with Gasteiger partial charge in [0.05, 0.1) is 6.16 Å². The Hall–Kier alpha value is -2.83. The molecule has 28 heavy (non-hydrogen) atoms. The lowest BCUT2D eigenvalue weighted by atomic mass is 10.2. The van der Waals surface area contributed by atoms with Gasteiger partial charge in [-0.15, -0.1) is 0 Å². The van der Waals surface area contributed by atoms with E-state index in [1.165, 1.54) is 28.0 Å². The van der Waals surface area contributed by atoms with Crippen LogP contribution in [-0.2, 0) is 6.16 Å². The van der Waals surface area contributed by atoms with Crippen LogP contribution in [0.4, 0.5) is 8.78 Å². The van der Waals surface area contributed by atoms with Gasteiger partial charge in [0, 0.05) is 0 Å². The third kappa shape index (κ3) is 3.48. The summed E-state index contributed by atoms with van der Waals surface area (Å²) in [5, 5.41) is 3.66. The molecule has 0 spiro atoms. The van der Waals surface area contributed by atoms with Gasteiger partial charge >= 0.3 is 0 Å². The lowest BCUT2D eigenvalue weighted by Gasteiger charge is -2.27. The highest BCUT2D eigenvalue weighted by Gasteiger charge is 2.45. The van der Waals surface area contributed by atoms with Crippen molar-refractivity contribution < 1.29 is 8.78 Å². The molecule has 0 radical (unpaired) electrons. The lowest BCUT2D eigenvalue weighted by Crippen LogP contribution is -2.32. The zero-order valence-electron chi connectivity index (χ0n) is 15.3. The molecule has 0 amide bonds. The predicted octanol–water partition coefficient (Wildman–Crippen LogP) is 5.46. The van der Waals surface area contributed by atoms with E-state index in [4.69, 9.17) is 0 Å². The average Bonchev–Trinajstić information content (AvgIpc) is 2.76. The minimum atomic E-state index is -2.10. The Labute approximate surface area is 164 Å². The first kappa shape index (κ1) is 18.5. The number of halogens is 2. The molecule has 0 aliphatic carbocycles. The van der Waals surface area contributed by atoms with Crippen molar-refractivity contribution in [2.75, 3.05) is 0 Å². The SMILES string of the molecule is Fc1ccc(C[P+](c2ccccc2)(c2ccccc2)c2ccccc2)cc1F. The smallest absolute Gasteiger partial charge is 0.159 e. The van der Waals surface area contributed by atoms with Crippen molar-refractivity contribution in [2.45, 2.75) is 6.16 Å². The summed E-state index contributed by atoms with van der Waals surface area (Å²) in [6, 6.07) is 35.4. The molecule has 0 saturated carbocycles. The predicted molar refractivity (Wildman–Crippen MR) is 115 cm³/mol. The Morgan fingerprint density at radius 2 is 0.929 bits per heavy atom. The monoisotopic (exact) mass is 389 g/mol. The first-order chi connectivity index (χ1) is 13.7. The lowest BCUT2D eigenvalue weighted by molar-refractivity contribution is 0.507. The Morgan fingerprint density at radius 1 is 0.500 bits per heavy atom. The summed E-state index contributed by atoms with van der Waals surface area (Å²) in [7, 11) is -2.10. The highest BCUT2D eigenvalue weighted by Crippen LogP contribution is 2.58. The molecule has 0 aromatic heterocycles. The molecular formula is C25H20F2P+. The van der Waals surface area contributed by atoms with E-state index in [-0.39, 0.29) is 0 Å². The van der Waals surface area contributed by atoms with Crippen LogP contribution in [0, 0.1) is 11.6 Å². The van der Waals surface area contributed by atoms with Gasteiger partial charge < -0.3 is 0 Å². The van der Waals surface area contributed by atoms with Crippen molar-refractivity contribution in [2.24, 2.45) is 0 Å². The highest BCUT2D eigenvalue weighted by atomic mass is 31.2. The summed E-state index contributed by atoms with van der Waals surface area (Å²) in [4.78, 5) is 0. The zero-order valence-corrected chi connectivity index (χ0v) is 16.2. The first-order valence-electron chi connectivity index (χ1n) is 9.19. The standard InChI is InChI=1S/C25H20F2P/c26-24-17-16-20(18-25(24)27)19-28(21-10-4-1-5-11-21,22-12-6-2-7-13-22)23-14-8-3-9-15-23/h1-18H,19H2/q+1. The molecule has 0 aliphatic heterocycles. The Bertz CT molecular complexity index is 951. The van der Waals surface area contributed by atoms with E-state index in [2.05, 4.69) is 36.4 Å². The molecule has 0 atom stereocenters. The van der Waals surface area contributed by atoms with E-state index in [1.807, 2.05) is 54.6 Å². The van der Waals surface area contributed by atoms with E-state index >= 15 is 0 Å². The van der Waals surface area contributed by atoms with Crippen LogP contribution in [0.1, 0.15) is 5.56 Å². The number of benzene rings is 4. The normalized spacial score (nSPS) is 11.4. The van der Waals surface area contributed by atoms with Gasteiger partial charge in [0.15, 0.2) is 11.6 Å². The molecule has 0 nitrogen and oxygen atoms in total. The van der Waals surface area contributed by atoms with Crippen LogP contribution in [-0.4, -0.2) is 0 Å². The number of hydrogen-bond donors (Lipinski definition) is 0. The summed E-state index contributed by atoms with van der Waals surface area (Å²) in [5.41, 5.74) is 0.795. The largest absolute Gasteiger partial charge is 0.204 e. The second kappa shape index (κ2) is 8.04. The Morgan fingerprint density at radius 3 is 1.32 bits per heavy atom. The third-order valence-corrected chi connectivity index (χ3v) is 9.37. The Kier molecular flexibility index (Phi) is 5.32. The molecule has 138 valence electrons. The molecule has 0 heterocycles. The first-order valence-corrected chi connectivity index (χ1v) is 11.2. The summed E-state index contributed by atoms with van der Waals surface area (Å²) in [6.07, 6.45) is 0.627. The van der Waals surface area contributed by atoms with Crippen LogP contribution in [0.5, 0.6) is 0 Å². The molecule has 0 bridgehead atoms. The molecule has 4 rings (SSSR count). The maximum atomic E-state index is 14.0. The summed E-state index contributed by atoms with van der Waals surface area (Å²) >= 11 is 0. The second-order valence-electron chi connectivity index (χ2n) is 6.72. The quantitative estimate of drug-likeness (QED) is 0.398. The molecule has 0 saturated heterocycles. The van der Waals surface area contributed by atoms with Crippen LogP contribution in [0.25, 0.3) is 0 Å². The van der Waals surface area contributed by atoms with Crippen molar-refractivity contribution >= 4 is 23.2 Å². The maximum absolute atomic E-state index is 14.0. The van der Waals surface area contributed by atoms with Crippen LogP contribution >= 0.6 is 7.26 Å². The van der Waals surface area contributed by atoms with E-state index in [1.54, 1.807) is 6.07 Å². The van der Waals surface area contributed by atoms with Crippen molar-refractivity contribution in [3.63, 3.8) is 0 Å². The van der Waals surface area contributed by atoms with E-state index in [0.29, 0.717) is 6.16 Å². The average molecular weight is 389 g/mol. The van der Waals surface area contributed by atoms with Crippen LogP contribution in [0.15, 0.2) is 109 Å². The highest BCUT2D eigenvalue weighted by molar-refractivity contribution is 7.95. The van der Waals surface area contributed by atoms with Gasteiger partial charge in [-0.05, 0) is 54.1 Å². The third-order valence-electron chi connectivity index (χ3n) is 4.99. The van der Waals surface area contributed by atoms with Crippen molar-refractivity contribution in [3.8, 4) is 0 Å². The van der Waals surface area contributed by atoms with E-state index in [9.17, 15) is 8.78 Å². The number of rotatable bonds is 5. The fraction of sp³-hybridized carbons (Fsp3) is 0.0400. The molecule has 0 aliphatic rings. The molecular weight excluding hydrogens is 369 g/mol. The number of hydrogen-bond acceptors (Lipinski definition) is 0. The van der Waals surface area contributed by atoms with Gasteiger partial charge in [-0.1, -0.05) is 60.7 Å². The van der Waals surface area contributed by atoms with Gasteiger partial charge in [0.2, 0.25) is 0 Å². The van der Waals surface area contributed by atoms with Crippen LogP contribution in [0.2, 0.25) is 0 Å². The minimum Gasteiger partial charge on any atom is -0.204 e. The molecule has 0 N–H and O–H groups in total. The minimum absolute atomic E-state index is 0.627. The van der Waals surface area contributed by atoms with Gasteiger partial charge in [0.25, 0.3) is 0 Å². The van der Waals surface area contributed by atoms with Crippen molar-refractivity contribution in [3.05, 3.63) is 126 Å². The topological polar surface area (TPSA) is 0 Å². The molecule has 4 aromatic rings. The van der Waals surface area contributed by atoms with Gasteiger partial charge in [-0.2, -0.15) is 0 Å². The fourth-order valence-corrected chi connectivity index (χ4v) is 7.91. The maximum Gasteiger partial charge on any atom is 0.159 e. The van der Waals surface area contributed by atoms with E-state index in [0.717, 1.165) is 5.56 Å². The Balaban J connectivity index is 1.99. The van der Waals surface area contributed by atoms with Gasteiger partial charge in [0.1, 0.15) is 23.2 Å². The van der Waals surface area contributed by atoms with Gasteiger partial charge in [-0.25, -0.2) is 8.78 Å². The van der Waals surface area contributed by atoms with Crippen molar-refractivity contribution in [1.82, 2.24) is 0 Å². The van der Waals surface area contributed by atoms with Crippen molar-refractivity contribution in [1.29, 1.82) is 0 Å². The summed E-state index contributed by atoms with van der Waals surface area (Å²) < 4.78 is 27.5. The zero-order chi connectivity index (χ0) is 19.4. The van der Waals surface area contributed by atoms with Crippen LogP contribution in [0.3, 0.4) is 0 Å². The van der Waals surface area contributed by atoms with E-state index < -0.39 is 18.9 Å². The molecule has 0 unspecified atom stereocenters. The molecule has 4 aromatic carbocycles. The fourth-order valence-electron chi connectivity index (χ4n) is 3.68. The molecule has 0 fully saturated rings. The summed E-state index contributed by atoms with van der Waals surface area (Å²) in [5.74, 6) is -1.61. The van der Waals surface area contributed by atoms with Gasteiger partial charge in [-0.3, -0.25) is 0 Å². The van der Waals surface area contributed by atoms with Crippen LogP contribution < -0.4 is 15.9 Å². The second-order valence-corrected chi connectivity index (χ2v) is 10.2. The molecule has 3 heteroatoms.